The van der Waals surface area contributed by atoms with Gasteiger partial charge in [-0.25, -0.2) is 14.8 Å². The molecule has 6 rings (SSSR count). The van der Waals surface area contributed by atoms with Crippen molar-refractivity contribution < 1.29 is 14.3 Å². The van der Waals surface area contributed by atoms with E-state index < -0.39 is 6.16 Å². The molecule has 3 aromatic carbocycles. The molecule has 1 N–H and O–H groups in total. The Morgan fingerprint density at radius 1 is 0.844 bits per heavy atom. The lowest BCUT2D eigenvalue weighted by molar-refractivity contribution is 0.0994. The lowest BCUT2D eigenvalue weighted by Crippen LogP contribution is -2.17. The number of imidazole rings is 1. The van der Waals surface area contributed by atoms with Crippen molar-refractivity contribution in [2.75, 3.05) is 12.4 Å². The van der Waals surface area contributed by atoms with Gasteiger partial charge in [-0.05, 0) is 70.3 Å². The van der Waals surface area contributed by atoms with E-state index in [2.05, 4.69) is 9.97 Å². The van der Waals surface area contributed by atoms with Gasteiger partial charge in [0.2, 0.25) is 0 Å². The van der Waals surface area contributed by atoms with E-state index >= 15 is 0 Å². The molecule has 4 aromatic rings. The number of rotatable bonds is 12. The Kier molecular flexibility index (Phi) is 9.93. The van der Waals surface area contributed by atoms with Crippen molar-refractivity contribution in [1.82, 2.24) is 19.5 Å². The molecule has 1 aromatic heterocycles. The molecule has 10 heteroatoms. The summed E-state index contributed by atoms with van der Waals surface area (Å²) < 4.78 is 12.2. The highest BCUT2D eigenvalue weighted by atomic mass is 33.1. The number of pyridine rings is 1. The molecule has 2 aliphatic rings. The van der Waals surface area contributed by atoms with Gasteiger partial charge in [-0.15, -0.1) is 0 Å². The summed E-state index contributed by atoms with van der Waals surface area (Å²) in [5.74, 6) is 1.79. The zero-order valence-corrected chi connectivity index (χ0v) is 25.9. The van der Waals surface area contributed by atoms with E-state index in [-0.39, 0.29) is 12.2 Å². The number of fused-ring (bicyclic) bond motifs is 1. The van der Waals surface area contributed by atoms with Gasteiger partial charge in [-0.2, -0.15) is 0 Å². The number of hydrogen-bond donors (Lipinski definition) is 1. The highest BCUT2D eigenvalue weighted by Gasteiger charge is 2.20. The molecule has 0 spiro atoms. The van der Waals surface area contributed by atoms with Crippen LogP contribution in [0.1, 0.15) is 28.9 Å². The lowest BCUT2D eigenvalue weighted by Gasteiger charge is -2.13. The van der Waals surface area contributed by atoms with Gasteiger partial charge in [-0.1, -0.05) is 77.5 Å². The maximum Gasteiger partial charge on any atom is 0.513 e. The summed E-state index contributed by atoms with van der Waals surface area (Å²) >= 11 is 0. The number of aromatic amines is 1. The molecule has 3 heterocycles. The number of ether oxygens (including phenoxy) is 2. The van der Waals surface area contributed by atoms with Crippen molar-refractivity contribution in [2.24, 2.45) is 0 Å². The van der Waals surface area contributed by atoms with E-state index in [1.165, 1.54) is 0 Å². The SMILES string of the molecule is O=C(OCCCSSc1ccccn1)Oc1ccc(-c2cn3c(=O)c(Cc4ccccc4)nc-3c(Cc3ccccc3)[nH]2)cc1. The Bertz CT molecular complexity index is 1860. The van der Waals surface area contributed by atoms with Crippen LogP contribution in [0.15, 0.2) is 125 Å². The molecule has 0 saturated carbocycles. The Hall–Kier alpha value is -4.80. The van der Waals surface area contributed by atoms with Crippen molar-refractivity contribution in [2.45, 2.75) is 24.3 Å². The predicted molar refractivity (Wildman–Crippen MR) is 178 cm³/mol. The van der Waals surface area contributed by atoms with E-state index in [1.807, 2.05) is 91.0 Å². The second-order valence-electron chi connectivity index (χ2n) is 10.2. The van der Waals surface area contributed by atoms with Gasteiger partial charge in [0.1, 0.15) is 16.5 Å². The number of H-pyrrole nitrogens is 1. The van der Waals surface area contributed by atoms with Crippen LogP contribution in [0.25, 0.3) is 17.1 Å². The van der Waals surface area contributed by atoms with E-state index in [9.17, 15) is 9.59 Å². The molecular formula is C35H30N4O4S2. The van der Waals surface area contributed by atoms with E-state index in [1.54, 1.807) is 50.7 Å². The van der Waals surface area contributed by atoms with Gasteiger partial charge in [0.05, 0.1) is 18.0 Å². The molecule has 0 aliphatic carbocycles. The molecule has 45 heavy (non-hydrogen) atoms. The highest BCUT2D eigenvalue weighted by molar-refractivity contribution is 8.76. The predicted octanol–water partition coefficient (Wildman–Crippen LogP) is 7.59. The number of aromatic nitrogens is 4. The van der Waals surface area contributed by atoms with E-state index in [0.29, 0.717) is 36.5 Å². The minimum Gasteiger partial charge on any atom is -0.434 e. The normalized spacial score (nSPS) is 11.0. The van der Waals surface area contributed by atoms with Crippen LogP contribution >= 0.6 is 21.6 Å². The Labute approximate surface area is 268 Å². The first-order chi connectivity index (χ1) is 22.1. The fourth-order valence-corrected chi connectivity index (χ4v) is 6.69. The summed E-state index contributed by atoms with van der Waals surface area (Å²) in [6.07, 6.45) is 4.52. The number of hydrogen-bond acceptors (Lipinski definition) is 8. The zero-order valence-electron chi connectivity index (χ0n) is 24.3. The maximum absolute atomic E-state index is 13.5. The largest absolute Gasteiger partial charge is 0.513 e. The van der Waals surface area contributed by atoms with Gasteiger partial charge >= 0.3 is 6.16 Å². The molecule has 0 bridgehead atoms. The second kappa shape index (κ2) is 14.8. The minimum absolute atomic E-state index is 0.144. The number of benzene rings is 3. The summed E-state index contributed by atoms with van der Waals surface area (Å²) in [6.45, 7) is 0.264. The summed E-state index contributed by atoms with van der Waals surface area (Å²) in [5.41, 5.74) is 4.87. The quantitative estimate of drug-likeness (QED) is 0.0637. The van der Waals surface area contributed by atoms with Crippen molar-refractivity contribution >= 4 is 27.7 Å². The average Bonchev–Trinajstić information content (AvgIpc) is 3.39. The molecule has 0 unspecified atom stereocenters. The number of nitrogens with one attached hydrogen (secondary N) is 1. The third-order valence-corrected chi connectivity index (χ3v) is 9.28. The smallest absolute Gasteiger partial charge is 0.434 e. The van der Waals surface area contributed by atoms with Gasteiger partial charge < -0.3 is 14.5 Å². The molecule has 8 nitrogen and oxygen atoms in total. The van der Waals surface area contributed by atoms with Crippen LogP contribution in [0.4, 0.5) is 4.79 Å². The highest BCUT2D eigenvalue weighted by Crippen LogP contribution is 2.29. The first-order valence-electron chi connectivity index (χ1n) is 14.5. The zero-order chi connectivity index (χ0) is 30.8. The van der Waals surface area contributed by atoms with Crippen molar-refractivity contribution in [3.05, 3.63) is 148 Å². The van der Waals surface area contributed by atoms with Gasteiger partial charge in [0.15, 0.2) is 5.82 Å². The molecular weight excluding hydrogens is 605 g/mol. The molecule has 2 aliphatic heterocycles. The standard InChI is InChI=1S/C35H30N4O4S2/c40-34-30(23-26-12-5-2-6-13-26)38-33-29(22-25-10-3-1-4-11-25)37-31(24-39(33)34)27-15-17-28(18-16-27)43-35(41)42-20-9-21-44-45-32-14-7-8-19-36-32/h1-8,10-19,24,37H,9,20-23H2. The molecule has 0 saturated heterocycles. The molecule has 226 valence electrons. The Morgan fingerprint density at radius 2 is 1.56 bits per heavy atom. The number of carbonyl (C=O) groups is 1. The van der Waals surface area contributed by atoms with E-state index in [0.717, 1.165) is 38.9 Å². The first kappa shape index (κ1) is 30.2. The Balaban J connectivity index is 1.13. The summed E-state index contributed by atoms with van der Waals surface area (Å²) in [7, 11) is 3.25. The lowest BCUT2D eigenvalue weighted by atomic mass is 10.1. The minimum atomic E-state index is -0.747. The monoisotopic (exact) mass is 634 g/mol. The molecule has 0 atom stereocenters. The van der Waals surface area contributed by atoms with Crippen LogP contribution in [0.3, 0.4) is 0 Å². The average molecular weight is 635 g/mol. The third kappa shape index (κ3) is 8.03. The maximum atomic E-state index is 13.5. The number of carbonyl (C=O) groups excluding carboxylic acids is 1. The topological polar surface area (TPSA) is 99.1 Å². The Morgan fingerprint density at radius 3 is 2.27 bits per heavy atom. The first-order valence-corrected chi connectivity index (χ1v) is 16.8. The second-order valence-corrected chi connectivity index (χ2v) is 12.6. The van der Waals surface area contributed by atoms with Crippen molar-refractivity contribution in [3.63, 3.8) is 0 Å². The van der Waals surface area contributed by atoms with E-state index in [4.69, 9.17) is 14.5 Å². The van der Waals surface area contributed by atoms with Crippen molar-refractivity contribution in [3.8, 4) is 22.8 Å². The van der Waals surface area contributed by atoms with Crippen LogP contribution < -0.4 is 10.3 Å². The van der Waals surface area contributed by atoms with Gasteiger partial charge in [0, 0.05) is 31.0 Å². The van der Waals surface area contributed by atoms with Crippen LogP contribution in [-0.4, -0.2) is 38.0 Å². The van der Waals surface area contributed by atoms with Crippen LogP contribution in [0.2, 0.25) is 0 Å². The summed E-state index contributed by atoms with van der Waals surface area (Å²) in [5, 5.41) is 0.947. The molecule has 0 fully saturated rings. The molecule has 0 radical (unpaired) electrons. The molecule has 0 amide bonds. The van der Waals surface area contributed by atoms with Crippen LogP contribution in [-0.2, 0) is 17.6 Å². The van der Waals surface area contributed by atoms with Crippen LogP contribution in [0, 0.1) is 0 Å². The van der Waals surface area contributed by atoms with Crippen molar-refractivity contribution in [1.29, 1.82) is 0 Å². The van der Waals surface area contributed by atoms with Crippen LogP contribution in [0.5, 0.6) is 5.75 Å². The fourth-order valence-electron chi connectivity index (χ4n) is 4.75. The van der Waals surface area contributed by atoms with Gasteiger partial charge in [0.25, 0.3) is 5.56 Å². The summed E-state index contributed by atoms with van der Waals surface area (Å²) in [6, 6.07) is 32.8. The van der Waals surface area contributed by atoms with Gasteiger partial charge in [-0.3, -0.25) is 9.36 Å². The fraction of sp³-hybridized carbons (Fsp3) is 0.143. The summed E-state index contributed by atoms with van der Waals surface area (Å²) in [4.78, 5) is 38.3. The number of nitrogens with zero attached hydrogens (tertiary/aromatic N) is 3. The third-order valence-electron chi connectivity index (χ3n) is 6.93.